The minimum absolute atomic E-state index is 0.0605. The van der Waals surface area contributed by atoms with E-state index in [9.17, 15) is 9.59 Å². The summed E-state index contributed by atoms with van der Waals surface area (Å²) in [5.74, 6) is 0.0642. The van der Waals surface area contributed by atoms with Crippen molar-refractivity contribution in [3.8, 4) is 5.75 Å². The Labute approximate surface area is 170 Å². The van der Waals surface area contributed by atoms with E-state index in [0.717, 1.165) is 22.4 Å². The van der Waals surface area contributed by atoms with Crippen LogP contribution >= 0.6 is 11.6 Å². The van der Waals surface area contributed by atoms with Gasteiger partial charge in [-0.25, -0.2) is 0 Å². The first-order chi connectivity index (χ1) is 13.2. The number of carbonyl (C=O) groups excluding carboxylic acids is 2. The monoisotopic (exact) mass is 403 g/mol. The molecule has 0 saturated carbocycles. The molecule has 0 radical (unpaired) electrons. The number of amides is 2. The number of benzene rings is 2. The second-order valence-electron chi connectivity index (χ2n) is 6.84. The fourth-order valence-corrected chi connectivity index (χ4v) is 3.01. The lowest BCUT2D eigenvalue weighted by Crippen LogP contribution is -2.36. The molecule has 0 unspecified atom stereocenters. The molecule has 6 nitrogen and oxygen atoms in total. The van der Waals surface area contributed by atoms with Crippen LogP contribution in [0.1, 0.15) is 16.7 Å². The van der Waals surface area contributed by atoms with Crippen LogP contribution in [0.3, 0.4) is 0 Å². The molecule has 7 heteroatoms. The average molecular weight is 404 g/mol. The van der Waals surface area contributed by atoms with Crippen LogP contribution in [0, 0.1) is 20.8 Å². The fourth-order valence-electron chi connectivity index (χ4n) is 2.86. The maximum Gasteiger partial charge on any atom is 0.238 e. The molecule has 2 rings (SSSR count). The molecule has 2 aromatic rings. The van der Waals surface area contributed by atoms with Crippen molar-refractivity contribution >= 4 is 34.8 Å². The summed E-state index contributed by atoms with van der Waals surface area (Å²) in [6.07, 6.45) is 0. The quantitative estimate of drug-likeness (QED) is 0.738. The van der Waals surface area contributed by atoms with E-state index in [4.69, 9.17) is 16.3 Å². The largest absolute Gasteiger partial charge is 0.495 e. The van der Waals surface area contributed by atoms with Gasteiger partial charge in [0.05, 0.1) is 25.9 Å². The van der Waals surface area contributed by atoms with Crippen molar-refractivity contribution in [2.24, 2.45) is 0 Å². The number of methoxy groups -OCH3 is 1. The molecule has 0 fully saturated rings. The van der Waals surface area contributed by atoms with Gasteiger partial charge in [0.2, 0.25) is 11.8 Å². The zero-order valence-corrected chi connectivity index (χ0v) is 17.6. The van der Waals surface area contributed by atoms with Gasteiger partial charge in [-0.15, -0.1) is 0 Å². The van der Waals surface area contributed by atoms with Gasteiger partial charge in [-0.2, -0.15) is 0 Å². The smallest absolute Gasteiger partial charge is 0.238 e. The maximum atomic E-state index is 12.4. The summed E-state index contributed by atoms with van der Waals surface area (Å²) < 4.78 is 5.26. The normalized spacial score (nSPS) is 10.7. The topological polar surface area (TPSA) is 70.7 Å². The molecule has 0 aliphatic rings. The Morgan fingerprint density at radius 2 is 1.57 bits per heavy atom. The van der Waals surface area contributed by atoms with E-state index in [1.165, 1.54) is 7.11 Å². The highest BCUT2D eigenvalue weighted by Crippen LogP contribution is 2.30. The highest BCUT2D eigenvalue weighted by molar-refractivity contribution is 6.31. The Kier molecular flexibility index (Phi) is 7.43. The predicted molar refractivity (Wildman–Crippen MR) is 113 cm³/mol. The lowest BCUT2D eigenvalue weighted by molar-refractivity contribution is -0.119. The van der Waals surface area contributed by atoms with Crippen molar-refractivity contribution in [2.75, 3.05) is 37.9 Å². The SMILES string of the molecule is COc1cc(Cl)c(C)cc1NC(=O)CN(C)CC(=O)Nc1c(C)cccc1C. The summed E-state index contributed by atoms with van der Waals surface area (Å²) in [5, 5.41) is 6.29. The Balaban J connectivity index is 1.94. The molecule has 0 bridgehead atoms. The standard InChI is InChI=1S/C21H26ClN3O3/c1-13-7-6-8-14(2)21(13)24-20(27)12-25(4)11-19(26)23-17-9-15(3)16(22)10-18(17)28-5/h6-10H,11-12H2,1-5H3,(H,23,26)(H,24,27). The van der Waals surface area contributed by atoms with Gasteiger partial charge >= 0.3 is 0 Å². The summed E-state index contributed by atoms with van der Waals surface area (Å²) in [7, 11) is 3.23. The third-order valence-electron chi connectivity index (χ3n) is 4.33. The van der Waals surface area contributed by atoms with Crippen LogP contribution in [0.25, 0.3) is 0 Å². The lowest BCUT2D eigenvalue weighted by atomic mass is 10.1. The predicted octanol–water partition coefficient (Wildman–Crippen LogP) is 3.78. The number of aryl methyl sites for hydroxylation is 3. The number of hydrogen-bond donors (Lipinski definition) is 2. The van der Waals surface area contributed by atoms with Gasteiger partial charge in [0.15, 0.2) is 0 Å². The number of hydrogen-bond acceptors (Lipinski definition) is 4. The Morgan fingerprint density at radius 3 is 2.14 bits per heavy atom. The van der Waals surface area contributed by atoms with E-state index in [1.54, 1.807) is 24.1 Å². The number of nitrogens with zero attached hydrogens (tertiary/aromatic N) is 1. The van der Waals surface area contributed by atoms with E-state index < -0.39 is 0 Å². The molecule has 2 amide bonds. The molecule has 0 spiro atoms. The Bertz CT molecular complexity index is 863. The van der Waals surface area contributed by atoms with Gasteiger partial charge in [0.25, 0.3) is 0 Å². The zero-order valence-electron chi connectivity index (χ0n) is 16.9. The fraction of sp³-hybridized carbons (Fsp3) is 0.333. The van der Waals surface area contributed by atoms with Crippen molar-refractivity contribution in [3.05, 3.63) is 52.0 Å². The molecule has 0 aromatic heterocycles. The van der Waals surface area contributed by atoms with Crippen LogP contribution in [0.4, 0.5) is 11.4 Å². The Morgan fingerprint density at radius 1 is 1.00 bits per heavy atom. The van der Waals surface area contributed by atoms with Crippen molar-refractivity contribution in [2.45, 2.75) is 20.8 Å². The van der Waals surface area contributed by atoms with E-state index >= 15 is 0 Å². The van der Waals surface area contributed by atoms with Gasteiger partial charge in [0.1, 0.15) is 5.75 Å². The van der Waals surface area contributed by atoms with Gasteiger partial charge in [0, 0.05) is 16.8 Å². The molecule has 0 aliphatic carbocycles. The summed E-state index contributed by atoms with van der Waals surface area (Å²) in [4.78, 5) is 26.3. The lowest BCUT2D eigenvalue weighted by Gasteiger charge is -2.18. The highest BCUT2D eigenvalue weighted by atomic mass is 35.5. The average Bonchev–Trinajstić information content (AvgIpc) is 2.61. The molecule has 28 heavy (non-hydrogen) atoms. The second-order valence-corrected chi connectivity index (χ2v) is 7.24. The van der Waals surface area contributed by atoms with E-state index in [2.05, 4.69) is 10.6 Å². The van der Waals surface area contributed by atoms with Gasteiger partial charge in [-0.1, -0.05) is 29.8 Å². The minimum Gasteiger partial charge on any atom is -0.495 e. The highest BCUT2D eigenvalue weighted by Gasteiger charge is 2.15. The first kappa shape index (κ1) is 21.7. The van der Waals surface area contributed by atoms with E-state index in [-0.39, 0.29) is 24.9 Å². The number of rotatable bonds is 7. The number of ether oxygens (including phenoxy) is 1. The molecular weight excluding hydrogens is 378 g/mol. The summed E-state index contributed by atoms with van der Waals surface area (Å²) >= 11 is 6.09. The number of nitrogens with one attached hydrogen (secondary N) is 2. The Hall–Kier alpha value is -2.57. The van der Waals surface area contributed by atoms with Gasteiger partial charge < -0.3 is 15.4 Å². The molecule has 0 atom stereocenters. The summed E-state index contributed by atoms with van der Waals surface area (Å²) in [6, 6.07) is 9.26. The number of anilines is 2. The zero-order chi connectivity index (χ0) is 20.8. The van der Waals surface area contributed by atoms with Gasteiger partial charge in [-0.3, -0.25) is 14.5 Å². The first-order valence-corrected chi connectivity index (χ1v) is 9.27. The van der Waals surface area contributed by atoms with Crippen molar-refractivity contribution in [3.63, 3.8) is 0 Å². The van der Waals surface area contributed by atoms with Gasteiger partial charge in [-0.05, 0) is 50.6 Å². The second kappa shape index (κ2) is 9.57. The van der Waals surface area contributed by atoms with E-state index in [0.29, 0.717) is 16.5 Å². The summed E-state index contributed by atoms with van der Waals surface area (Å²) in [6.45, 7) is 5.90. The van der Waals surface area contributed by atoms with Crippen molar-refractivity contribution < 1.29 is 14.3 Å². The van der Waals surface area contributed by atoms with Crippen LogP contribution in [0.5, 0.6) is 5.75 Å². The molecule has 0 heterocycles. The van der Waals surface area contributed by atoms with Crippen LogP contribution in [0.15, 0.2) is 30.3 Å². The summed E-state index contributed by atoms with van der Waals surface area (Å²) in [5.41, 5.74) is 4.19. The van der Waals surface area contributed by atoms with Crippen LogP contribution in [0.2, 0.25) is 5.02 Å². The molecule has 2 N–H and O–H groups in total. The van der Waals surface area contributed by atoms with Crippen LogP contribution < -0.4 is 15.4 Å². The van der Waals surface area contributed by atoms with Crippen LogP contribution in [-0.4, -0.2) is 44.0 Å². The number of carbonyl (C=O) groups is 2. The van der Waals surface area contributed by atoms with Crippen molar-refractivity contribution in [1.82, 2.24) is 4.90 Å². The minimum atomic E-state index is -0.248. The molecule has 150 valence electrons. The molecule has 0 aliphatic heterocycles. The van der Waals surface area contributed by atoms with Crippen molar-refractivity contribution in [1.29, 1.82) is 0 Å². The molecule has 0 saturated heterocycles. The third-order valence-corrected chi connectivity index (χ3v) is 4.73. The number of halogens is 1. The molecule has 2 aromatic carbocycles. The van der Waals surface area contributed by atoms with E-state index in [1.807, 2.05) is 39.0 Å². The number of para-hydroxylation sites is 1. The van der Waals surface area contributed by atoms with Crippen LogP contribution in [-0.2, 0) is 9.59 Å². The molecular formula is C21H26ClN3O3. The first-order valence-electron chi connectivity index (χ1n) is 8.90. The maximum absolute atomic E-state index is 12.4. The number of likely N-dealkylation sites (N-methyl/N-ethyl adjacent to an activating group) is 1. The third kappa shape index (κ3) is 5.71.